The minimum absolute atomic E-state index is 0. The maximum absolute atomic E-state index is 13.1. The fourth-order valence-electron chi connectivity index (χ4n) is 4.28. The van der Waals surface area contributed by atoms with Crippen molar-refractivity contribution in [1.82, 2.24) is 14.5 Å². The zero-order chi connectivity index (χ0) is 20.7. The Bertz CT molecular complexity index is 1180. The summed E-state index contributed by atoms with van der Waals surface area (Å²) < 4.78 is 3.53. The second kappa shape index (κ2) is 8.53. The van der Waals surface area contributed by atoms with Crippen LogP contribution >= 0.6 is 12.4 Å². The number of pyridine rings is 1. The SMILES string of the molecule is CCNCn1c2c(c(O)c(C(=O)O)c1=O)CCCCc1cc3c(ccn3C)cc1-2.Cl. The number of aromatic carboxylic acids is 1. The lowest BCUT2D eigenvalue weighted by Gasteiger charge is -2.24. The number of fused-ring (bicyclic) bond motifs is 4. The Morgan fingerprint density at radius 3 is 2.67 bits per heavy atom. The molecule has 0 radical (unpaired) electrons. The second-order valence-corrected chi connectivity index (χ2v) is 7.55. The number of rotatable bonds is 4. The van der Waals surface area contributed by atoms with Crippen molar-refractivity contribution in [2.75, 3.05) is 6.54 Å². The van der Waals surface area contributed by atoms with Crippen molar-refractivity contribution in [2.24, 2.45) is 7.05 Å². The third-order valence-electron chi connectivity index (χ3n) is 5.76. The van der Waals surface area contributed by atoms with E-state index in [4.69, 9.17) is 0 Å². The molecule has 0 fully saturated rings. The van der Waals surface area contributed by atoms with E-state index in [2.05, 4.69) is 22.0 Å². The fraction of sp³-hybridized carbons (Fsp3) is 0.364. The van der Waals surface area contributed by atoms with Gasteiger partial charge in [0.2, 0.25) is 0 Å². The van der Waals surface area contributed by atoms with Crippen LogP contribution in [0.15, 0.2) is 29.2 Å². The number of aromatic hydroxyl groups is 1. The molecular formula is C22H26ClN3O4. The van der Waals surface area contributed by atoms with Crippen molar-refractivity contribution in [2.45, 2.75) is 39.3 Å². The predicted molar refractivity (Wildman–Crippen MR) is 119 cm³/mol. The largest absolute Gasteiger partial charge is 0.506 e. The molecule has 1 aliphatic carbocycles. The Balaban J connectivity index is 0.00000256. The molecule has 0 unspecified atom stereocenters. The van der Waals surface area contributed by atoms with Crippen LogP contribution in [0.2, 0.25) is 0 Å². The van der Waals surface area contributed by atoms with E-state index in [1.54, 1.807) is 0 Å². The summed E-state index contributed by atoms with van der Waals surface area (Å²) in [5.41, 5.74) is 3.03. The monoisotopic (exact) mass is 431 g/mol. The molecule has 4 rings (SSSR count). The van der Waals surface area contributed by atoms with E-state index in [1.165, 1.54) is 4.57 Å². The Labute approximate surface area is 180 Å². The van der Waals surface area contributed by atoms with Crippen LogP contribution < -0.4 is 10.9 Å². The zero-order valence-corrected chi connectivity index (χ0v) is 17.9. The molecular weight excluding hydrogens is 406 g/mol. The molecule has 0 bridgehead atoms. The molecule has 0 spiro atoms. The molecule has 7 nitrogen and oxygen atoms in total. The van der Waals surface area contributed by atoms with Crippen LogP contribution in [-0.2, 0) is 26.6 Å². The summed E-state index contributed by atoms with van der Waals surface area (Å²) in [5.74, 6) is -1.80. The first-order chi connectivity index (χ1) is 13.9. The number of hydrogen-bond acceptors (Lipinski definition) is 4. The number of halogens is 1. The summed E-state index contributed by atoms with van der Waals surface area (Å²) in [7, 11) is 2.00. The number of aromatic nitrogens is 2. The van der Waals surface area contributed by atoms with Crippen LogP contribution in [0.1, 0.15) is 41.3 Å². The van der Waals surface area contributed by atoms with Gasteiger partial charge in [-0.2, -0.15) is 0 Å². The topological polar surface area (TPSA) is 96.5 Å². The standard InChI is InChI=1S/C22H25N3O4.ClH/c1-3-23-12-25-19-15(20(26)18(21(25)27)22(28)29)7-5-4-6-13-11-17-14(10-16(13)19)8-9-24(17)2;/h8-11,23,26H,3-7,12H2,1-2H3,(H,28,29);1H. The van der Waals surface area contributed by atoms with Crippen molar-refractivity contribution in [3.8, 4) is 17.0 Å². The number of carboxylic acid groups (broad SMARTS) is 1. The van der Waals surface area contributed by atoms with E-state index in [0.29, 0.717) is 24.2 Å². The Kier molecular flexibility index (Phi) is 6.24. The lowest BCUT2D eigenvalue weighted by atomic mass is 9.88. The first-order valence-corrected chi connectivity index (χ1v) is 9.95. The van der Waals surface area contributed by atoms with Gasteiger partial charge in [-0.05, 0) is 56.0 Å². The molecule has 160 valence electrons. The highest BCUT2D eigenvalue weighted by Gasteiger charge is 2.28. The average Bonchev–Trinajstić information content (AvgIpc) is 3.02. The minimum Gasteiger partial charge on any atom is -0.506 e. The average molecular weight is 432 g/mol. The van der Waals surface area contributed by atoms with Crippen LogP contribution in [0.25, 0.3) is 22.2 Å². The van der Waals surface area contributed by atoms with Crippen molar-refractivity contribution < 1.29 is 15.0 Å². The lowest BCUT2D eigenvalue weighted by Crippen LogP contribution is -2.34. The van der Waals surface area contributed by atoms with Gasteiger partial charge in [-0.25, -0.2) is 4.79 Å². The highest BCUT2D eigenvalue weighted by atomic mass is 35.5. The normalized spacial score (nSPS) is 13.1. The molecule has 0 atom stereocenters. The Hall–Kier alpha value is -2.77. The maximum atomic E-state index is 13.1. The molecule has 8 heteroatoms. The third-order valence-corrected chi connectivity index (χ3v) is 5.76. The number of benzene rings is 1. The highest BCUT2D eigenvalue weighted by Crippen LogP contribution is 2.38. The van der Waals surface area contributed by atoms with Gasteiger partial charge in [-0.15, -0.1) is 12.4 Å². The van der Waals surface area contributed by atoms with Crippen molar-refractivity contribution >= 4 is 29.3 Å². The first-order valence-electron chi connectivity index (χ1n) is 9.95. The number of nitrogens with one attached hydrogen (secondary N) is 1. The van der Waals surface area contributed by atoms with Gasteiger partial charge >= 0.3 is 5.97 Å². The summed E-state index contributed by atoms with van der Waals surface area (Å²) in [6, 6.07) is 6.22. The molecule has 0 saturated carbocycles. The Morgan fingerprint density at radius 1 is 1.23 bits per heavy atom. The van der Waals surface area contributed by atoms with E-state index < -0.39 is 22.8 Å². The molecule has 2 aromatic heterocycles. The summed E-state index contributed by atoms with van der Waals surface area (Å²) in [4.78, 5) is 24.8. The van der Waals surface area contributed by atoms with Crippen LogP contribution in [0.3, 0.4) is 0 Å². The third kappa shape index (κ3) is 3.48. The summed E-state index contributed by atoms with van der Waals surface area (Å²) >= 11 is 0. The Morgan fingerprint density at radius 2 is 1.97 bits per heavy atom. The smallest absolute Gasteiger partial charge is 0.345 e. The van der Waals surface area contributed by atoms with E-state index >= 15 is 0 Å². The van der Waals surface area contributed by atoms with E-state index in [9.17, 15) is 19.8 Å². The first kappa shape index (κ1) is 21.9. The van der Waals surface area contributed by atoms with Gasteiger partial charge < -0.3 is 14.8 Å². The predicted octanol–water partition coefficient (Wildman–Crippen LogP) is 3.28. The van der Waals surface area contributed by atoms with Crippen LogP contribution in [0.5, 0.6) is 5.75 Å². The number of carbonyl (C=O) groups is 1. The summed E-state index contributed by atoms with van der Waals surface area (Å²) in [5, 5.41) is 24.5. The van der Waals surface area contributed by atoms with Gasteiger partial charge in [0.15, 0.2) is 5.56 Å². The van der Waals surface area contributed by atoms with Crippen molar-refractivity contribution in [1.29, 1.82) is 0 Å². The molecule has 0 aliphatic heterocycles. The van der Waals surface area contributed by atoms with Crippen LogP contribution in [-0.4, -0.2) is 31.9 Å². The van der Waals surface area contributed by atoms with Crippen LogP contribution in [0.4, 0.5) is 0 Å². The fourth-order valence-corrected chi connectivity index (χ4v) is 4.28. The molecule has 30 heavy (non-hydrogen) atoms. The number of hydrogen-bond donors (Lipinski definition) is 3. The molecule has 0 saturated heterocycles. The molecule has 1 aliphatic rings. The lowest BCUT2D eigenvalue weighted by molar-refractivity contribution is 0.0690. The van der Waals surface area contributed by atoms with Crippen molar-refractivity contribution in [3.63, 3.8) is 0 Å². The second-order valence-electron chi connectivity index (χ2n) is 7.55. The van der Waals surface area contributed by atoms with E-state index in [0.717, 1.165) is 41.3 Å². The molecule has 3 aromatic rings. The van der Waals surface area contributed by atoms with Gasteiger partial charge in [0.1, 0.15) is 5.75 Å². The van der Waals surface area contributed by atoms with Gasteiger partial charge in [-0.3, -0.25) is 14.7 Å². The van der Waals surface area contributed by atoms with E-state index in [-0.39, 0.29) is 19.1 Å². The van der Waals surface area contributed by atoms with Gasteiger partial charge in [0.25, 0.3) is 5.56 Å². The molecule has 1 aromatic carbocycles. The van der Waals surface area contributed by atoms with Gasteiger partial charge in [-0.1, -0.05) is 6.92 Å². The quantitative estimate of drug-likeness (QED) is 0.589. The number of aryl methyl sites for hydroxylation is 2. The number of carboxylic acids is 1. The maximum Gasteiger partial charge on any atom is 0.345 e. The van der Waals surface area contributed by atoms with Crippen molar-refractivity contribution in [3.05, 3.63) is 51.4 Å². The summed E-state index contributed by atoms with van der Waals surface area (Å²) in [6.07, 6.45) is 5.13. The van der Waals surface area contributed by atoms with Crippen LogP contribution in [0, 0.1) is 0 Å². The number of nitrogens with zero attached hydrogens (tertiary/aromatic N) is 2. The minimum atomic E-state index is -1.40. The summed E-state index contributed by atoms with van der Waals surface area (Å²) in [6.45, 7) is 2.74. The molecule has 3 N–H and O–H groups in total. The van der Waals surface area contributed by atoms with Gasteiger partial charge in [0, 0.05) is 35.3 Å². The molecule has 0 amide bonds. The van der Waals surface area contributed by atoms with E-state index in [1.807, 2.05) is 26.2 Å². The molecule has 2 heterocycles. The highest BCUT2D eigenvalue weighted by molar-refractivity contribution is 5.93. The van der Waals surface area contributed by atoms with Gasteiger partial charge in [0.05, 0.1) is 12.4 Å². The zero-order valence-electron chi connectivity index (χ0n) is 17.1.